The molecule has 1 heterocycles. The highest BCUT2D eigenvalue weighted by Gasteiger charge is 2.40. The molecule has 39 heavy (non-hydrogen) atoms. The molecule has 4 rings (SSSR count). The number of carbonyl (C=O) groups is 2. The molecule has 1 saturated heterocycles. The summed E-state index contributed by atoms with van der Waals surface area (Å²) >= 11 is 0. The van der Waals surface area contributed by atoms with Gasteiger partial charge in [-0.15, -0.1) is 12.4 Å². The Morgan fingerprint density at radius 3 is 2.26 bits per heavy atom. The molecule has 0 aliphatic carbocycles. The fourth-order valence-corrected chi connectivity index (χ4v) is 4.53. The van der Waals surface area contributed by atoms with Crippen LogP contribution in [-0.4, -0.2) is 61.6 Å². The number of methoxy groups -OCH3 is 1. The lowest BCUT2D eigenvalue weighted by atomic mass is 10.0. The third kappa shape index (κ3) is 8.05. The number of aryl methyl sites for hydroxylation is 1. The SMILES string of the molecule is COC(=O)CO[C@@H]1C[C@@H](COc2ccc(-c3ccc(C(=N)N)cc3)cc2)N(CCCc2ccccc2)C1=O.Cl. The molecule has 3 aromatic rings. The van der Waals surface area contributed by atoms with Gasteiger partial charge in [0.2, 0.25) is 0 Å². The summed E-state index contributed by atoms with van der Waals surface area (Å²) in [5.41, 5.74) is 9.47. The molecule has 1 aliphatic rings. The molecular weight excluding hydrogens is 518 g/mol. The maximum atomic E-state index is 13.1. The Labute approximate surface area is 235 Å². The van der Waals surface area contributed by atoms with Crippen molar-refractivity contribution in [1.82, 2.24) is 4.90 Å². The van der Waals surface area contributed by atoms with Gasteiger partial charge in [0, 0.05) is 18.5 Å². The molecule has 3 N–H and O–H groups in total. The number of esters is 1. The molecule has 0 bridgehead atoms. The number of ether oxygens (including phenoxy) is 3. The summed E-state index contributed by atoms with van der Waals surface area (Å²) in [4.78, 5) is 26.5. The summed E-state index contributed by atoms with van der Waals surface area (Å²) in [5.74, 6) is 0.103. The van der Waals surface area contributed by atoms with E-state index in [1.54, 1.807) is 0 Å². The number of amides is 1. The van der Waals surface area contributed by atoms with Gasteiger partial charge in [-0.1, -0.05) is 66.7 Å². The fraction of sp³-hybridized carbons (Fsp3) is 0.300. The average Bonchev–Trinajstić information content (AvgIpc) is 3.25. The molecule has 2 atom stereocenters. The molecule has 9 heteroatoms. The summed E-state index contributed by atoms with van der Waals surface area (Å²) in [7, 11) is 1.29. The van der Waals surface area contributed by atoms with Crippen molar-refractivity contribution in [3.8, 4) is 16.9 Å². The molecule has 1 fully saturated rings. The highest BCUT2D eigenvalue weighted by Crippen LogP contribution is 2.26. The molecule has 1 amide bonds. The lowest BCUT2D eigenvalue weighted by Gasteiger charge is -2.24. The number of nitrogen functional groups attached to an aromatic ring is 1. The van der Waals surface area contributed by atoms with Crippen LogP contribution < -0.4 is 10.5 Å². The van der Waals surface area contributed by atoms with E-state index in [-0.39, 0.29) is 36.8 Å². The van der Waals surface area contributed by atoms with Gasteiger partial charge in [0.05, 0.1) is 13.2 Å². The van der Waals surface area contributed by atoms with Crippen molar-refractivity contribution in [3.05, 3.63) is 90.0 Å². The maximum Gasteiger partial charge on any atom is 0.331 e. The van der Waals surface area contributed by atoms with E-state index in [1.165, 1.54) is 12.7 Å². The van der Waals surface area contributed by atoms with Crippen LogP contribution in [0.25, 0.3) is 11.1 Å². The van der Waals surface area contributed by atoms with Crippen LogP contribution in [0.5, 0.6) is 5.75 Å². The third-order valence-corrected chi connectivity index (χ3v) is 6.65. The van der Waals surface area contributed by atoms with Crippen molar-refractivity contribution in [2.24, 2.45) is 5.73 Å². The minimum Gasteiger partial charge on any atom is -0.491 e. The van der Waals surface area contributed by atoms with Gasteiger partial charge in [-0.25, -0.2) is 4.79 Å². The van der Waals surface area contributed by atoms with E-state index in [0.717, 1.165) is 24.0 Å². The highest BCUT2D eigenvalue weighted by molar-refractivity contribution is 5.95. The zero-order chi connectivity index (χ0) is 26.9. The van der Waals surface area contributed by atoms with Crippen molar-refractivity contribution >= 4 is 30.1 Å². The largest absolute Gasteiger partial charge is 0.491 e. The number of hydrogen-bond donors (Lipinski definition) is 2. The number of nitrogens with one attached hydrogen (secondary N) is 1. The Morgan fingerprint density at radius 2 is 1.64 bits per heavy atom. The van der Waals surface area contributed by atoms with E-state index in [9.17, 15) is 9.59 Å². The number of benzene rings is 3. The van der Waals surface area contributed by atoms with Crippen LogP contribution in [0.15, 0.2) is 78.9 Å². The van der Waals surface area contributed by atoms with Crippen LogP contribution >= 0.6 is 12.4 Å². The van der Waals surface area contributed by atoms with Crippen molar-refractivity contribution in [2.45, 2.75) is 31.4 Å². The first-order valence-corrected chi connectivity index (χ1v) is 12.6. The Morgan fingerprint density at radius 1 is 1.00 bits per heavy atom. The molecule has 0 saturated carbocycles. The van der Waals surface area contributed by atoms with Gasteiger partial charge in [0.1, 0.15) is 30.9 Å². The molecule has 0 unspecified atom stereocenters. The molecule has 8 nitrogen and oxygen atoms in total. The first-order chi connectivity index (χ1) is 18.4. The van der Waals surface area contributed by atoms with Crippen LogP contribution in [-0.2, 0) is 25.5 Å². The lowest BCUT2D eigenvalue weighted by Crippen LogP contribution is -2.39. The topological polar surface area (TPSA) is 115 Å². The predicted octanol–water partition coefficient (Wildman–Crippen LogP) is 4.23. The predicted molar refractivity (Wildman–Crippen MR) is 152 cm³/mol. The average molecular weight is 552 g/mol. The zero-order valence-electron chi connectivity index (χ0n) is 21.9. The molecule has 206 valence electrons. The molecule has 3 aromatic carbocycles. The number of halogens is 1. The Bertz CT molecular complexity index is 1240. The summed E-state index contributed by atoms with van der Waals surface area (Å²) in [5, 5.41) is 7.53. The van der Waals surface area contributed by atoms with Crippen LogP contribution in [0, 0.1) is 5.41 Å². The van der Waals surface area contributed by atoms with Crippen LogP contribution in [0.3, 0.4) is 0 Å². The van der Waals surface area contributed by atoms with Gasteiger partial charge in [0.15, 0.2) is 0 Å². The smallest absolute Gasteiger partial charge is 0.331 e. The minimum atomic E-state index is -0.695. The molecular formula is C30H34ClN3O5. The van der Waals surface area contributed by atoms with Gasteiger partial charge in [-0.05, 0) is 41.7 Å². The second-order valence-electron chi connectivity index (χ2n) is 9.21. The second-order valence-corrected chi connectivity index (χ2v) is 9.21. The maximum absolute atomic E-state index is 13.1. The van der Waals surface area contributed by atoms with Gasteiger partial charge < -0.3 is 24.8 Å². The number of amidine groups is 1. The van der Waals surface area contributed by atoms with Crippen LogP contribution in [0.2, 0.25) is 0 Å². The lowest BCUT2D eigenvalue weighted by molar-refractivity contribution is -0.151. The van der Waals surface area contributed by atoms with E-state index < -0.39 is 12.1 Å². The van der Waals surface area contributed by atoms with Crippen molar-refractivity contribution in [1.29, 1.82) is 5.41 Å². The zero-order valence-corrected chi connectivity index (χ0v) is 22.7. The number of carbonyl (C=O) groups excluding carboxylic acids is 2. The Hall–Kier alpha value is -3.88. The normalized spacial score (nSPS) is 16.4. The first kappa shape index (κ1) is 29.7. The molecule has 1 aliphatic heterocycles. The summed E-state index contributed by atoms with van der Waals surface area (Å²) < 4.78 is 16.3. The number of rotatable bonds is 12. The second kappa shape index (κ2) is 14.3. The van der Waals surface area contributed by atoms with Gasteiger partial charge in [-0.3, -0.25) is 10.2 Å². The number of hydrogen-bond acceptors (Lipinski definition) is 6. The Kier molecular flexibility index (Phi) is 10.9. The fourth-order valence-electron chi connectivity index (χ4n) is 4.53. The number of nitrogens with two attached hydrogens (primary N) is 1. The summed E-state index contributed by atoms with van der Waals surface area (Å²) in [6.45, 7) is 0.643. The third-order valence-electron chi connectivity index (χ3n) is 6.65. The van der Waals surface area contributed by atoms with E-state index >= 15 is 0 Å². The van der Waals surface area contributed by atoms with Gasteiger partial charge in [-0.2, -0.15) is 0 Å². The standard InChI is InChI=1S/C30H33N3O5.ClH/c1-36-28(34)20-38-27-18-25(33(30(27)35)17-5-8-21-6-3-2-4-7-21)19-37-26-15-13-23(14-16-26)22-9-11-24(12-10-22)29(31)32;/h2-4,6-7,9-16,25,27H,5,8,17-20H2,1H3,(H3,31,32);1H/t25-,27+;/m0./s1. The molecule has 0 spiro atoms. The van der Waals surface area contributed by atoms with Crippen molar-refractivity contribution in [3.63, 3.8) is 0 Å². The van der Waals surface area contributed by atoms with Crippen molar-refractivity contribution < 1.29 is 23.8 Å². The Balaban J connectivity index is 0.00000420. The molecule has 0 aromatic heterocycles. The van der Waals surface area contributed by atoms with E-state index in [4.69, 9.17) is 20.6 Å². The highest BCUT2D eigenvalue weighted by atomic mass is 35.5. The minimum absolute atomic E-state index is 0. The van der Waals surface area contributed by atoms with E-state index in [0.29, 0.717) is 30.9 Å². The number of likely N-dealkylation sites (tertiary alicyclic amines) is 1. The quantitative estimate of drug-likeness (QED) is 0.198. The molecule has 0 radical (unpaired) electrons. The van der Waals surface area contributed by atoms with E-state index in [2.05, 4.69) is 16.9 Å². The van der Waals surface area contributed by atoms with Gasteiger partial charge >= 0.3 is 5.97 Å². The van der Waals surface area contributed by atoms with Gasteiger partial charge in [0.25, 0.3) is 5.91 Å². The monoisotopic (exact) mass is 551 g/mol. The van der Waals surface area contributed by atoms with Crippen molar-refractivity contribution in [2.75, 3.05) is 26.9 Å². The van der Waals surface area contributed by atoms with Crippen LogP contribution in [0.4, 0.5) is 0 Å². The number of nitrogens with zero attached hydrogens (tertiary/aromatic N) is 1. The summed E-state index contributed by atoms with van der Waals surface area (Å²) in [6, 6.07) is 25.2. The van der Waals surface area contributed by atoms with E-state index in [1.807, 2.05) is 71.6 Å². The van der Waals surface area contributed by atoms with Crippen LogP contribution in [0.1, 0.15) is 24.0 Å². The summed E-state index contributed by atoms with van der Waals surface area (Å²) in [6.07, 6.45) is 1.43. The first-order valence-electron chi connectivity index (χ1n) is 12.6.